The molecule has 21 heavy (non-hydrogen) atoms. The molecule has 1 atom stereocenters. The van der Waals surface area contributed by atoms with Crippen LogP contribution in [0.2, 0.25) is 5.02 Å². The van der Waals surface area contributed by atoms with Crippen molar-refractivity contribution in [2.75, 3.05) is 0 Å². The molecule has 0 aromatic heterocycles. The summed E-state index contributed by atoms with van der Waals surface area (Å²) in [6, 6.07) is 5.27. The molecule has 1 saturated carbocycles. The molecule has 1 amide bonds. The number of carboxylic acid groups (broad SMARTS) is 1. The maximum absolute atomic E-state index is 11.9. The van der Waals surface area contributed by atoms with Crippen molar-refractivity contribution in [1.82, 2.24) is 5.32 Å². The van der Waals surface area contributed by atoms with Gasteiger partial charge in [-0.1, -0.05) is 23.7 Å². The maximum atomic E-state index is 11.9. The highest BCUT2D eigenvalue weighted by molar-refractivity contribution is 6.31. The third-order valence-electron chi connectivity index (χ3n) is 3.54. The molecular formula is C16H18ClNO3. The van der Waals surface area contributed by atoms with Crippen LogP contribution >= 0.6 is 11.6 Å². The Labute approximate surface area is 128 Å². The fraction of sp³-hybridized carbons (Fsp3) is 0.375. The van der Waals surface area contributed by atoms with E-state index >= 15 is 0 Å². The van der Waals surface area contributed by atoms with Crippen molar-refractivity contribution in [1.29, 1.82) is 0 Å². The highest BCUT2D eigenvalue weighted by Crippen LogP contribution is 2.34. The molecule has 2 rings (SSSR count). The summed E-state index contributed by atoms with van der Waals surface area (Å²) in [6.45, 7) is 1.91. The monoisotopic (exact) mass is 307 g/mol. The topological polar surface area (TPSA) is 66.4 Å². The minimum absolute atomic E-state index is 0.0272. The average molecular weight is 308 g/mol. The van der Waals surface area contributed by atoms with E-state index in [4.69, 9.17) is 16.7 Å². The average Bonchev–Trinajstić information content (AvgIpc) is 3.23. The summed E-state index contributed by atoms with van der Waals surface area (Å²) in [7, 11) is 0. The molecule has 112 valence electrons. The number of nitrogens with one attached hydrogen (secondary N) is 1. The van der Waals surface area contributed by atoms with Crippen LogP contribution in [0.25, 0.3) is 6.08 Å². The normalized spacial score (nSPS) is 15.9. The first-order valence-corrected chi connectivity index (χ1v) is 7.30. The van der Waals surface area contributed by atoms with E-state index in [1.165, 1.54) is 6.08 Å². The molecule has 1 aliphatic carbocycles. The minimum Gasteiger partial charge on any atom is -0.481 e. The summed E-state index contributed by atoms with van der Waals surface area (Å²) in [5.41, 5.74) is 1.82. The van der Waals surface area contributed by atoms with Crippen molar-refractivity contribution in [2.24, 2.45) is 5.92 Å². The Hall–Kier alpha value is -1.81. The van der Waals surface area contributed by atoms with Gasteiger partial charge in [-0.25, -0.2) is 0 Å². The van der Waals surface area contributed by atoms with E-state index in [1.54, 1.807) is 12.1 Å². The molecule has 1 aromatic rings. The Bertz CT molecular complexity index is 579. The van der Waals surface area contributed by atoms with Gasteiger partial charge in [0.05, 0.1) is 6.42 Å². The molecule has 0 radical (unpaired) electrons. The summed E-state index contributed by atoms with van der Waals surface area (Å²) < 4.78 is 0. The largest absolute Gasteiger partial charge is 0.481 e. The molecule has 2 N–H and O–H groups in total. The van der Waals surface area contributed by atoms with Crippen molar-refractivity contribution in [3.63, 3.8) is 0 Å². The third-order valence-corrected chi connectivity index (χ3v) is 3.94. The summed E-state index contributed by atoms with van der Waals surface area (Å²) in [4.78, 5) is 22.7. The number of carbonyl (C=O) groups excluding carboxylic acids is 1. The lowest BCUT2D eigenvalue weighted by atomic mass is 10.1. The van der Waals surface area contributed by atoms with Crippen LogP contribution in [0.15, 0.2) is 24.3 Å². The Balaban J connectivity index is 1.94. The van der Waals surface area contributed by atoms with Gasteiger partial charge in [-0.3, -0.25) is 9.59 Å². The molecule has 0 saturated heterocycles. The van der Waals surface area contributed by atoms with Gasteiger partial charge in [-0.15, -0.1) is 0 Å². The highest BCUT2D eigenvalue weighted by Gasteiger charge is 2.33. The molecule has 0 spiro atoms. The zero-order valence-corrected chi connectivity index (χ0v) is 12.6. The zero-order valence-electron chi connectivity index (χ0n) is 11.8. The van der Waals surface area contributed by atoms with E-state index in [9.17, 15) is 9.59 Å². The molecule has 1 fully saturated rings. The van der Waals surface area contributed by atoms with E-state index < -0.39 is 5.97 Å². The SMILES string of the molecule is Cc1ccc(/C=C/C(=O)NC(CC(=O)O)C2CC2)cc1Cl. The molecule has 5 heteroatoms. The number of aliphatic carboxylic acids is 1. The predicted octanol–water partition coefficient (Wildman–Crippen LogP) is 3.03. The highest BCUT2D eigenvalue weighted by atomic mass is 35.5. The zero-order chi connectivity index (χ0) is 15.4. The second kappa shape index (κ2) is 6.76. The molecule has 1 unspecified atom stereocenters. The van der Waals surface area contributed by atoms with Gasteiger partial charge in [-0.05, 0) is 49.0 Å². The number of benzene rings is 1. The van der Waals surface area contributed by atoms with Crippen LogP contribution < -0.4 is 5.32 Å². The summed E-state index contributed by atoms with van der Waals surface area (Å²) in [5.74, 6) is -0.862. The number of hydrogen-bond acceptors (Lipinski definition) is 2. The second-order valence-corrected chi connectivity index (χ2v) is 5.80. The summed E-state index contributed by atoms with van der Waals surface area (Å²) >= 11 is 6.02. The third kappa shape index (κ3) is 4.90. The Kier molecular flexibility index (Phi) is 5.02. The van der Waals surface area contributed by atoms with Crippen LogP contribution in [-0.4, -0.2) is 23.0 Å². The van der Waals surface area contributed by atoms with Gasteiger partial charge in [0.1, 0.15) is 0 Å². The molecular weight excluding hydrogens is 290 g/mol. The lowest BCUT2D eigenvalue weighted by Gasteiger charge is -2.14. The first-order valence-electron chi connectivity index (χ1n) is 6.92. The van der Waals surface area contributed by atoms with Crippen LogP contribution in [0.5, 0.6) is 0 Å². The minimum atomic E-state index is -0.888. The first kappa shape index (κ1) is 15.6. The van der Waals surface area contributed by atoms with E-state index in [1.807, 2.05) is 19.1 Å². The van der Waals surface area contributed by atoms with Crippen LogP contribution in [0.4, 0.5) is 0 Å². The maximum Gasteiger partial charge on any atom is 0.305 e. The number of rotatable bonds is 6. The Morgan fingerprint density at radius 2 is 2.19 bits per heavy atom. The molecule has 1 aromatic carbocycles. The molecule has 0 heterocycles. The fourth-order valence-corrected chi connectivity index (χ4v) is 2.33. The van der Waals surface area contributed by atoms with Crippen molar-refractivity contribution < 1.29 is 14.7 Å². The standard InChI is InChI=1S/C16H18ClNO3/c1-10-2-3-11(8-13(10)17)4-7-15(19)18-14(9-16(20)21)12-5-6-12/h2-4,7-8,12,14H,5-6,9H2,1H3,(H,18,19)(H,20,21)/b7-4+. The first-order chi connectivity index (χ1) is 9.95. The van der Waals surface area contributed by atoms with E-state index in [-0.39, 0.29) is 18.4 Å². The molecule has 1 aliphatic rings. The van der Waals surface area contributed by atoms with Crippen molar-refractivity contribution in [3.8, 4) is 0 Å². The predicted molar refractivity (Wildman–Crippen MR) is 82.1 cm³/mol. The number of aryl methyl sites for hydroxylation is 1. The molecule has 0 bridgehead atoms. The van der Waals surface area contributed by atoms with Crippen LogP contribution in [0, 0.1) is 12.8 Å². The number of halogens is 1. The van der Waals surface area contributed by atoms with Gasteiger partial charge < -0.3 is 10.4 Å². The quantitative estimate of drug-likeness (QED) is 0.794. The van der Waals surface area contributed by atoms with Gasteiger partial charge >= 0.3 is 5.97 Å². The van der Waals surface area contributed by atoms with Gasteiger partial charge in [0.15, 0.2) is 0 Å². The number of amides is 1. The number of hydrogen-bond donors (Lipinski definition) is 2. The summed E-state index contributed by atoms with van der Waals surface area (Å²) in [5, 5.41) is 12.3. The van der Waals surface area contributed by atoms with Gasteiger partial charge in [-0.2, -0.15) is 0 Å². The van der Waals surface area contributed by atoms with E-state index in [2.05, 4.69) is 5.32 Å². The Morgan fingerprint density at radius 1 is 1.48 bits per heavy atom. The summed E-state index contributed by atoms with van der Waals surface area (Å²) in [6.07, 6.45) is 5.02. The van der Waals surface area contributed by atoms with E-state index in [0.29, 0.717) is 10.9 Å². The lowest BCUT2D eigenvalue weighted by molar-refractivity contribution is -0.137. The fourth-order valence-electron chi connectivity index (χ4n) is 2.14. The van der Waals surface area contributed by atoms with Gasteiger partial charge in [0, 0.05) is 17.1 Å². The smallest absolute Gasteiger partial charge is 0.305 e. The van der Waals surface area contributed by atoms with Crippen molar-refractivity contribution in [2.45, 2.75) is 32.2 Å². The van der Waals surface area contributed by atoms with Crippen LogP contribution in [-0.2, 0) is 9.59 Å². The second-order valence-electron chi connectivity index (χ2n) is 5.39. The molecule has 0 aliphatic heterocycles. The van der Waals surface area contributed by atoms with Crippen LogP contribution in [0.1, 0.15) is 30.4 Å². The van der Waals surface area contributed by atoms with Crippen molar-refractivity contribution in [3.05, 3.63) is 40.4 Å². The number of carboxylic acids is 1. The van der Waals surface area contributed by atoms with Gasteiger partial charge in [0.2, 0.25) is 5.91 Å². The lowest BCUT2D eigenvalue weighted by Crippen LogP contribution is -2.37. The van der Waals surface area contributed by atoms with Crippen molar-refractivity contribution >= 4 is 29.6 Å². The number of carbonyl (C=O) groups is 2. The van der Waals surface area contributed by atoms with Crippen LogP contribution in [0.3, 0.4) is 0 Å². The van der Waals surface area contributed by atoms with Gasteiger partial charge in [0.25, 0.3) is 0 Å². The Morgan fingerprint density at radius 3 is 2.76 bits per heavy atom. The molecule has 4 nitrogen and oxygen atoms in total. The van der Waals surface area contributed by atoms with E-state index in [0.717, 1.165) is 24.0 Å².